The molecular weight excluding hydrogens is 510 g/mol. The van der Waals surface area contributed by atoms with Gasteiger partial charge in [-0.1, -0.05) is 0 Å². The van der Waals surface area contributed by atoms with Crippen molar-refractivity contribution in [2.45, 2.75) is 19.4 Å². The summed E-state index contributed by atoms with van der Waals surface area (Å²) in [6, 6.07) is 6.81. The Morgan fingerprint density at radius 1 is 1.06 bits per heavy atom. The summed E-state index contributed by atoms with van der Waals surface area (Å²) in [5.41, 5.74) is 0.873. The molecular formula is C19H22BrN3O8S. The zero-order valence-corrected chi connectivity index (χ0v) is 19.3. The largest absolute Gasteiger partial charge is 0.473 e. The molecule has 3 heterocycles. The van der Waals surface area contributed by atoms with Crippen LogP contribution in [0.25, 0.3) is 0 Å². The number of carboxylic acids is 2. The summed E-state index contributed by atoms with van der Waals surface area (Å²) in [5.74, 6) is -3.93. The molecule has 1 amide bonds. The van der Waals surface area contributed by atoms with Gasteiger partial charge < -0.3 is 19.5 Å². The number of carbonyl (C=O) groups is 3. The first-order valence-electron chi connectivity index (χ1n) is 9.47. The molecule has 13 heteroatoms. The van der Waals surface area contributed by atoms with E-state index in [0.29, 0.717) is 17.8 Å². The molecule has 1 saturated heterocycles. The lowest BCUT2D eigenvalue weighted by Crippen LogP contribution is -2.38. The monoisotopic (exact) mass is 531 g/mol. The molecule has 11 nitrogen and oxygen atoms in total. The Hall–Kier alpha value is -2.77. The molecule has 1 aliphatic rings. The standard InChI is InChI=1S/C17H20BrN3O4S.C2H2O4/c18-16-4-3-15(25-16)17(22)20(13-14-5-7-19-8-6-14)11-12-26(23,24)21-9-1-2-10-21;3-1(4)2(5)6/h3-8H,1-2,9-13H2;(H,3,4)(H,5,6). The first-order chi connectivity index (χ1) is 15.1. The van der Waals surface area contributed by atoms with Gasteiger partial charge in [0.2, 0.25) is 10.0 Å². The summed E-state index contributed by atoms with van der Waals surface area (Å²) in [6.45, 7) is 1.50. The van der Waals surface area contributed by atoms with Crippen LogP contribution in [0.3, 0.4) is 0 Å². The minimum absolute atomic E-state index is 0.0955. The van der Waals surface area contributed by atoms with Crippen molar-refractivity contribution < 1.29 is 37.4 Å². The Labute approximate surface area is 192 Å². The predicted octanol–water partition coefficient (Wildman–Crippen LogP) is 1.66. The highest BCUT2D eigenvalue weighted by Gasteiger charge is 2.27. The van der Waals surface area contributed by atoms with Gasteiger partial charge in [0.05, 0.1) is 5.75 Å². The fraction of sp³-hybridized carbons (Fsp3) is 0.368. The highest BCUT2D eigenvalue weighted by molar-refractivity contribution is 9.10. The van der Waals surface area contributed by atoms with Crippen molar-refractivity contribution in [2.24, 2.45) is 0 Å². The smallest absolute Gasteiger partial charge is 0.414 e. The first-order valence-corrected chi connectivity index (χ1v) is 11.9. The molecule has 0 atom stereocenters. The molecule has 0 aliphatic carbocycles. The van der Waals surface area contributed by atoms with Crippen LogP contribution in [0.1, 0.15) is 29.0 Å². The molecule has 0 spiro atoms. The number of sulfonamides is 1. The Bertz CT molecular complexity index is 1020. The number of carboxylic acid groups (broad SMARTS) is 2. The highest BCUT2D eigenvalue weighted by Crippen LogP contribution is 2.18. The number of nitrogens with zero attached hydrogens (tertiary/aromatic N) is 3. The van der Waals surface area contributed by atoms with Crippen LogP contribution in [0.15, 0.2) is 45.7 Å². The van der Waals surface area contributed by atoms with Crippen molar-refractivity contribution in [1.29, 1.82) is 0 Å². The molecule has 2 aromatic rings. The Morgan fingerprint density at radius 2 is 1.66 bits per heavy atom. The lowest BCUT2D eigenvalue weighted by atomic mass is 10.2. The van der Waals surface area contributed by atoms with Crippen LogP contribution in [0.4, 0.5) is 0 Å². The number of rotatable bonds is 7. The van der Waals surface area contributed by atoms with Crippen LogP contribution in [-0.2, 0) is 26.2 Å². The number of halogens is 1. The van der Waals surface area contributed by atoms with Crippen molar-refractivity contribution in [2.75, 3.05) is 25.4 Å². The number of aliphatic carboxylic acids is 2. The molecule has 2 aromatic heterocycles. The van der Waals surface area contributed by atoms with E-state index in [0.717, 1.165) is 18.4 Å². The number of amides is 1. The van der Waals surface area contributed by atoms with Crippen molar-refractivity contribution in [3.8, 4) is 0 Å². The van der Waals surface area contributed by atoms with E-state index in [1.165, 1.54) is 9.21 Å². The zero-order valence-electron chi connectivity index (χ0n) is 16.9. The number of furan rings is 1. The lowest BCUT2D eigenvalue weighted by Gasteiger charge is -2.23. The summed E-state index contributed by atoms with van der Waals surface area (Å²) in [6.07, 6.45) is 5.06. The van der Waals surface area contributed by atoms with Gasteiger partial charge in [-0.2, -0.15) is 0 Å². The molecule has 3 rings (SSSR count). The molecule has 32 heavy (non-hydrogen) atoms. The quantitative estimate of drug-likeness (QED) is 0.506. The molecule has 0 unspecified atom stereocenters. The van der Waals surface area contributed by atoms with Crippen LogP contribution in [0.2, 0.25) is 0 Å². The number of carbonyl (C=O) groups excluding carboxylic acids is 1. The molecule has 174 valence electrons. The number of hydrogen-bond donors (Lipinski definition) is 2. The molecule has 1 fully saturated rings. The van der Waals surface area contributed by atoms with Gasteiger partial charge in [-0.3, -0.25) is 9.78 Å². The van der Waals surface area contributed by atoms with Gasteiger partial charge in [0, 0.05) is 38.6 Å². The first kappa shape index (κ1) is 25.5. The summed E-state index contributed by atoms with van der Waals surface area (Å²) in [5, 5.41) is 14.8. The lowest BCUT2D eigenvalue weighted by molar-refractivity contribution is -0.159. The fourth-order valence-electron chi connectivity index (χ4n) is 2.87. The van der Waals surface area contributed by atoms with E-state index in [4.69, 9.17) is 24.2 Å². The molecule has 0 radical (unpaired) electrons. The maximum atomic E-state index is 12.8. The van der Waals surface area contributed by atoms with E-state index in [9.17, 15) is 13.2 Å². The minimum Gasteiger partial charge on any atom is -0.473 e. The minimum atomic E-state index is -3.37. The third kappa shape index (κ3) is 7.73. The summed E-state index contributed by atoms with van der Waals surface area (Å²) >= 11 is 3.18. The molecule has 1 aliphatic heterocycles. The van der Waals surface area contributed by atoms with Gasteiger partial charge in [-0.15, -0.1) is 0 Å². The van der Waals surface area contributed by atoms with Crippen molar-refractivity contribution in [3.05, 3.63) is 52.7 Å². The van der Waals surface area contributed by atoms with E-state index in [1.54, 1.807) is 36.7 Å². The highest BCUT2D eigenvalue weighted by atomic mass is 79.9. The van der Waals surface area contributed by atoms with Crippen molar-refractivity contribution in [1.82, 2.24) is 14.2 Å². The molecule has 0 saturated carbocycles. The number of pyridine rings is 1. The van der Waals surface area contributed by atoms with Gasteiger partial charge >= 0.3 is 11.9 Å². The average molecular weight is 532 g/mol. The van der Waals surface area contributed by atoms with Crippen LogP contribution >= 0.6 is 15.9 Å². The van der Waals surface area contributed by atoms with Crippen LogP contribution in [0, 0.1) is 0 Å². The second kappa shape index (κ2) is 11.7. The van der Waals surface area contributed by atoms with Crippen molar-refractivity contribution in [3.63, 3.8) is 0 Å². The Kier molecular flexibility index (Phi) is 9.35. The second-order valence-electron chi connectivity index (χ2n) is 6.72. The molecule has 0 aromatic carbocycles. The fourth-order valence-corrected chi connectivity index (χ4v) is 4.70. The molecule has 0 bridgehead atoms. The summed E-state index contributed by atoms with van der Waals surface area (Å²) in [7, 11) is -3.37. The third-order valence-corrected chi connectivity index (χ3v) is 6.73. The van der Waals surface area contributed by atoms with E-state index >= 15 is 0 Å². The van der Waals surface area contributed by atoms with Crippen molar-refractivity contribution >= 4 is 43.8 Å². The topological polar surface area (TPSA) is 158 Å². The predicted molar refractivity (Wildman–Crippen MR) is 115 cm³/mol. The maximum absolute atomic E-state index is 12.8. The van der Waals surface area contributed by atoms with Gasteiger partial charge in [0.25, 0.3) is 5.91 Å². The number of aromatic nitrogens is 1. The SMILES string of the molecule is O=C(O)C(=O)O.O=C(c1ccc(Br)o1)N(CCS(=O)(=O)N1CCCC1)Cc1ccncc1. The third-order valence-electron chi connectivity index (χ3n) is 4.45. The van der Waals surface area contributed by atoms with E-state index < -0.39 is 22.0 Å². The van der Waals surface area contributed by atoms with Gasteiger partial charge in [-0.25, -0.2) is 22.3 Å². The van der Waals surface area contributed by atoms with Crippen LogP contribution in [0.5, 0.6) is 0 Å². The van der Waals surface area contributed by atoms with Crippen LogP contribution < -0.4 is 0 Å². The average Bonchev–Trinajstić information content (AvgIpc) is 3.44. The molecule has 2 N–H and O–H groups in total. The Balaban J connectivity index is 0.000000534. The normalized spacial score (nSPS) is 13.8. The maximum Gasteiger partial charge on any atom is 0.414 e. The van der Waals surface area contributed by atoms with Gasteiger partial charge in [-0.05, 0) is 58.6 Å². The van der Waals surface area contributed by atoms with E-state index in [2.05, 4.69) is 20.9 Å². The second-order valence-corrected chi connectivity index (χ2v) is 9.59. The van der Waals surface area contributed by atoms with E-state index in [-0.39, 0.29) is 30.5 Å². The Morgan fingerprint density at radius 3 is 2.16 bits per heavy atom. The van der Waals surface area contributed by atoms with Gasteiger partial charge in [0.15, 0.2) is 10.4 Å². The summed E-state index contributed by atoms with van der Waals surface area (Å²) in [4.78, 5) is 36.4. The number of hydrogen-bond acceptors (Lipinski definition) is 7. The van der Waals surface area contributed by atoms with Gasteiger partial charge in [0.1, 0.15) is 0 Å². The summed E-state index contributed by atoms with van der Waals surface area (Å²) < 4.78 is 32.3. The van der Waals surface area contributed by atoms with Crippen LogP contribution in [-0.4, -0.2) is 76.1 Å². The van der Waals surface area contributed by atoms with E-state index in [1.807, 2.05) is 0 Å². The zero-order chi connectivity index (χ0) is 23.7.